The first kappa shape index (κ1) is 20.8. The van der Waals surface area contributed by atoms with Gasteiger partial charge in [-0.3, -0.25) is 14.2 Å². The van der Waals surface area contributed by atoms with Gasteiger partial charge < -0.3 is 4.90 Å². The zero-order valence-corrected chi connectivity index (χ0v) is 18.8. The molecular formula is C22H21N5O3S2. The van der Waals surface area contributed by atoms with Crippen molar-refractivity contribution in [3.8, 4) is 11.3 Å². The lowest BCUT2D eigenvalue weighted by Gasteiger charge is -2.34. The predicted octanol–water partition coefficient (Wildman–Crippen LogP) is 2.53. The third kappa shape index (κ3) is 3.92. The van der Waals surface area contributed by atoms with E-state index in [1.54, 1.807) is 17.2 Å². The maximum Gasteiger partial charge on any atom is 0.244 e. The monoisotopic (exact) mass is 467 g/mol. The molecule has 4 aromatic rings. The minimum Gasteiger partial charge on any atom is -0.340 e. The highest BCUT2D eigenvalue weighted by Crippen LogP contribution is 2.24. The minimum absolute atomic E-state index is 0.0157. The first-order valence-corrected chi connectivity index (χ1v) is 12.5. The van der Waals surface area contributed by atoms with E-state index in [0.29, 0.717) is 13.1 Å². The van der Waals surface area contributed by atoms with Gasteiger partial charge in [0.05, 0.1) is 12.1 Å². The lowest BCUT2D eigenvalue weighted by molar-refractivity contribution is -0.131. The number of pyridine rings is 1. The average Bonchev–Trinajstić information content (AvgIpc) is 3.42. The van der Waals surface area contributed by atoms with E-state index in [1.807, 2.05) is 46.3 Å². The number of carbonyl (C=O) groups excluding carboxylic acids is 1. The van der Waals surface area contributed by atoms with Crippen LogP contribution in [-0.2, 0) is 21.2 Å². The third-order valence-electron chi connectivity index (χ3n) is 5.55. The molecule has 0 aliphatic carbocycles. The van der Waals surface area contributed by atoms with Crippen LogP contribution in [0.15, 0.2) is 71.3 Å². The van der Waals surface area contributed by atoms with Crippen LogP contribution in [0, 0.1) is 0 Å². The molecule has 3 aromatic heterocycles. The predicted molar refractivity (Wildman–Crippen MR) is 122 cm³/mol. The van der Waals surface area contributed by atoms with Crippen molar-refractivity contribution in [2.75, 3.05) is 26.2 Å². The van der Waals surface area contributed by atoms with Crippen LogP contribution in [0.25, 0.3) is 16.2 Å². The largest absolute Gasteiger partial charge is 0.340 e. The van der Waals surface area contributed by atoms with E-state index in [4.69, 9.17) is 0 Å². The molecule has 0 N–H and O–H groups in total. The van der Waals surface area contributed by atoms with Crippen LogP contribution in [-0.4, -0.2) is 64.1 Å². The minimum atomic E-state index is -3.59. The SMILES string of the molecule is O=C(Cc1csc2nc(-c3ccccc3)cn12)N1CCN(S(=O)(=O)c2cccnc2)CC1. The lowest BCUT2D eigenvalue weighted by Crippen LogP contribution is -2.50. The number of hydrogen-bond donors (Lipinski definition) is 0. The van der Waals surface area contributed by atoms with E-state index in [0.717, 1.165) is 21.9 Å². The van der Waals surface area contributed by atoms with Gasteiger partial charge in [-0.2, -0.15) is 4.31 Å². The Labute approximate surface area is 189 Å². The summed E-state index contributed by atoms with van der Waals surface area (Å²) in [5.41, 5.74) is 2.79. The molecule has 10 heteroatoms. The molecule has 1 saturated heterocycles. The van der Waals surface area contributed by atoms with Gasteiger partial charge in [-0.1, -0.05) is 30.3 Å². The summed E-state index contributed by atoms with van der Waals surface area (Å²) < 4.78 is 28.9. The normalized spacial score (nSPS) is 15.3. The molecule has 0 bridgehead atoms. The molecule has 1 aromatic carbocycles. The van der Waals surface area contributed by atoms with Gasteiger partial charge in [0.2, 0.25) is 15.9 Å². The number of nitrogens with zero attached hydrogens (tertiary/aromatic N) is 5. The highest BCUT2D eigenvalue weighted by molar-refractivity contribution is 7.89. The van der Waals surface area contributed by atoms with Crippen molar-refractivity contribution in [2.45, 2.75) is 11.3 Å². The molecule has 4 heterocycles. The number of carbonyl (C=O) groups is 1. The van der Waals surface area contributed by atoms with Crippen molar-refractivity contribution in [1.29, 1.82) is 0 Å². The van der Waals surface area contributed by atoms with Crippen LogP contribution in [0.5, 0.6) is 0 Å². The van der Waals surface area contributed by atoms with E-state index >= 15 is 0 Å². The number of thiazole rings is 1. The number of amides is 1. The van der Waals surface area contributed by atoms with E-state index in [-0.39, 0.29) is 30.3 Å². The number of imidazole rings is 1. The fourth-order valence-electron chi connectivity index (χ4n) is 3.80. The van der Waals surface area contributed by atoms with Crippen molar-refractivity contribution >= 4 is 32.2 Å². The molecule has 1 fully saturated rings. The summed E-state index contributed by atoms with van der Waals surface area (Å²) in [6.45, 7) is 1.27. The zero-order chi connectivity index (χ0) is 22.1. The van der Waals surface area contributed by atoms with Gasteiger partial charge >= 0.3 is 0 Å². The maximum atomic E-state index is 12.9. The number of sulfonamides is 1. The van der Waals surface area contributed by atoms with E-state index in [9.17, 15) is 13.2 Å². The van der Waals surface area contributed by atoms with Crippen molar-refractivity contribution in [3.63, 3.8) is 0 Å². The van der Waals surface area contributed by atoms with Crippen LogP contribution in [0.4, 0.5) is 0 Å². The first-order chi connectivity index (χ1) is 15.5. The van der Waals surface area contributed by atoms with Gasteiger partial charge in [0, 0.05) is 61.4 Å². The van der Waals surface area contributed by atoms with E-state index in [1.165, 1.54) is 27.9 Å². The summed E-state index contributed by atoms with van der Waals surface area (Å²) in [6, 6.07) is 13.1. The summed E-state index contributed by atoms with van der Waals surface area (Å²) >= 11 is 1.51. The zero-order valence-electron chi connectivity index (χ0n) is 17.2. The molecule has 1 aliphatic rings. The van der Waals surface area contributed by atoms with Gasteiger partial charge in [-0.15, -0.1) is 11.3 Å². The highest BCUT2D eigenvalue weighted by atomic mass is 32.2. The standard InChI is InChI=1S/C22H21N5O3S2/c28-21(25-9-11-26(12-10-25)32(29,30)19-7-4-8-23-14-19)13-18-16-31-22-24-20(15-27(18)22)17-5-2-1-3-6-17/h1-8,14-16H,9-13H2. The molecule has 0 spiro atoms. The number of aromatic nitrogens is 3. The van der Waals surface area contributed by atoms with Gasteiger partial charge in [0.15, 0.2) is 4.96 Å². The molecule has 5 rings (SSSR count). The van der Waals surface area contributed by atoms with Crippen molar-refractivity contribution < 1.29 is 13.2 Å². The van der Waals surface area contributed by atoms with E-state index in [2.05, 4.69) is 9.97 Å². The Morgan fingerprint density at radius 2 is 1.81 bits per heavy atom. The molecular weight excluding hydrogens is 446 g/mol. The Kier molecular flexibility index (Phi) is 5.50. The van der Waals surface area contributed by atoms with Crippen molar-refractivity contribution in [2.24, 2.45) is 0 Å². The van der Waals surface area contributed by atoms with Crippen LogP contribution in [0.1, 0.15) is 5.69 Å². The Bertz CT molecular complexity index is 1340. The summed E-state index contributed by atoms with van der Waals surface area (Å²) in [7, 11) is -3.59. The fourth-order valence-corrected chi connectivity index (χ4v) is 6.06. The summed E-state index contributed by atoms with van der Waals surface area (Å²) in [5.74, 6) is -0.0157. The molecule has 0 unspecified atom stereocenters. The smallest absolute Gasteiger partial charge is 0.244 e. The Morgan fingerprint density at radius 1 is 1.03 bits per heavy atom. The molecule has 0 radical (unpaired) electrons. The van der Waals surface area contributed by atoms with E-state index < -0.39 is 10.0 Å². The lowest BCUT2D eigenvalue weighted by atomic mass is 10.2. The van der Waals surface area contributed by atoms with Crippen LogP contribution in [0.2, 0.25) is 0 Å². The van der Waals surface area contributed by atoms with Crippen molar-refractivity contribution in [1.82, 2.24) is 23.6 Å². The second-order valence-corrected chi connectivity index (χ2v) is 10.3. The molecule has 1 aliphatic heterocycles. The molecule has 1 amide bonds. The number of rotatable bonds is 5. The molecule has 164 valence electrons. The summed E-state index contributed by atoms with van der Waals surface area (Å²) in [6.07, 6.45) is 5.10. The number of hydrogen-bond acceptors (Lipinski definition) is 6. The quantitative estimate of drug-likeness (QED) is 0.450. The third-order valence-corrected chi connectivity index (χ3v) is 8.32. The first-order valence-electron chi connectivity index (χ1n) is 10.2. The van der Waals surface area contributed by atoms with Crippen LogP contribution >= 0.6 is 11.3 Å². The van der Waals surface area contributed by atoms with Crippen LogP contribution in [0.3, 0.4) is 0 Å². The average molecular weight is 468 g/mol. The molecule has 32 heavy (non-hydrogen) atoms. The number of benzene rings is 1. The van der Waals surface area contributed by atoms with Gasteiger partial charge in [-0.05, 0) is 12.1 Å². The maximum absolute atomic E-state index is 12.9. The Hall–Kier alpha value is -3.08. The fraction of sp³-hybridized carbons (Fsp3) is 0.227. The van der Waals surface area contributed by atoms with Crippen LogP contribution < -0.4 is 0 Å². The van der Waals surface area contributed by atoms with Gasteiger partial charge in [-0.25, -0.2) is 13.4 Å². The second-order valence-electron chi connectivity index (χ2n) is 7.52. The Balaban J connectivity index is 1.26. The van der Waals surface area contributed by atoms with Gasteiger partial charge in [0.25, 0.3) is 0 Å². The second kappa shape index (κ2) is 8.45. The number of piperazine rings is 1. The van der Waals surface area contributed by atoms with Gasteiger partial charge in [0.1, 0.15) is 4.90 Å². The topological polar surface area (TPSA) is 87.9 Å². The summed E-state index contributed by atoms with van der Waals surface area (Å²) in [5, 5.41) is 1.96. The highest BCUT2D eigenvalue weighted by Gasteiger charge is 2.30. The molecule has 8 nitrogen and oxygen atoms in total. The molecule has 0 saturated carbocycles. The number of fused-ring (bicyclic) bond motifs is 1. The Morgan fingerprint density at radius 3 is 2.53 bits per heavy atom. The molecule has 0 atom stereocenters. The summed E-state index contributed by atoms with van der Waals surface area (Å²) in [4.78, 5) is 24.3. The van der Waals surface area contributed by atoms with Crippen molar-refractivity contribution in [3.05, 3.63) is 72.1 Å².